The van der Waals surface area contributed by atoms with Crippen molar-refractivity contribution in [2.45, 2.75) is 64.3 Å². The number of aryl methyl sites for hydroxylation is 1. The third kappa shape index (κ3) is 10.3. The molecule has 45 heavy (non-hydrogen) atoms. The van der Waals surface area contributed by atoms with Crippen LogP contribution in [0.4, 0.5) is 23.5 Å². The summed E-state index contributed by atoms with van der Waals surface area (Å²) in [5.41, 5.74) is 3.37. The Morgan fingerprint density at radius 2 is 1.31 bits per heavy atom. The van der Waals surface area contributed by atoms with Crippen molar-refractivity contribution in [3.05, 3.63) is 71.8 Å². The van der Waals surface area contributed by atoms with Crippen molar-refractivity contribution in [1.82, 2.24) is 19.7 Å². The van der Waals surface area contributed by atoms with Gasteiger partial charge in [0.05, 0.1) is 4.90 Å². The molecule has 4 aromatic rings. The predicted molar refractivity (Wildman–Crippen MR) is 187 cm³/mol. The molecule has 0 radical (unpaired) electrons. The summed E-state index contributed by atoms with van der Waals surface area (Å²) in [6.07, 6.45) is 4.56. The molecule has 0 saturated carbocycles. The number of unbranched alkanes of at least 4 members (excludes halogenated alkanes) is 3. The molecule has 3 aromatic carbocycles. The van der Waals surface area contributed by atoms with Gasteiger partial charge in [-0.05, 0) is 49.8 Å². The van der Waals surface area contributed by atoms with Crippen LogP contribution in [0, 0.1) is 12.8 Å². The van der Waals surface area contributed by atoms with Gasteiger partial charge < -0.3 is 20.9 Å². The monoisotopic (exact) mass is 632 g/mol. The maximum atomic E-state index is 13.1. The zero-order valence-electron chi connectivity index (χ0n) is 27.2. The fraction of sp³-hybridized carbons (Fsp3) is 0.441. The Morgan fingerprint density at radius 1 is 0.711 bits per heavy atom. The Hall–Kier alpha value is -3.96. The van der Waals surface area contributed by atoms with E-state index in [0.29, 0.717) is 48.3 Å². The molecule has 4 rings (SSSR count). The van der Waals surface area contributed by atoms with Crippen molar-refractivity contribution < 1.29 is 8.42 Å². The van der Waals surface area contributed by atoms with Gasteiger partial charge in [0.1, 0.15) is 0 Å². The second-order valence-electron chi connectivity index (χ2n) is 12.0. The summed E-state index contributed by atoms with van der Waals surface area (Å²) >= 11 is 0. The summed E-state index contributed by atoms with van der Waals surface area (Å²) in [5, 5.41) is 11.6. The van der Waals surface area contributed by atoms with Crippen molar-refractivity contribution in [3.8, 4) is 0 Å². The van der Waals surface area contributed by atoms with Crippen molar-refractivity contribution in [3.63, 3.8) is 0 Å². The zero-order chi connectivity index (χ0) is 32.2. The number of aromatic nitrogens is 3. The van der Waals surface area contributed by atoms with E-state index in [2.05, 4.69) is 80.7 Å². The summed E-state index contributed by atoms with van der Waals surface area (Å²) in [6.45, 7) is 8.98. The summed E-state index contributed by atoms with van der Waals surface area (Å²) in [6, 6.07) is 19.6. The number of nitrogens with zero attached hydrogens (tertiary/aromatic N) is 4. The van der Waals surface area contributed by atoms with E-state index >= 15 is 0 Å². The molecule has 10 nitrogen and oxygen atoms in total. The number of rotatable bonds is 18. The van der Waals surface area contributed by atoms with E-state index in [0.717, 1.165) is 60.7 Å². The molecule has 0 saturated heterocycles. The summed E-state index contributed by atoms with van der Waals surface area (Å²) < 4.78 is 29.1. The Labute approximate surface area is 268 Å². The van der Waals surface area contributed by atoms with E-state index in [1.807, 2.05) is 43.3 Å². The highest BCUT2D eigenvalue weighted by Crippen LogP contribution is 2.30. The predicted octanol–water partition coefficient (Wildman–Crippen LogP) is 6.42. The van der Waals surface area contributed by atoms with E-state index in [1.54, 1.807) is 12.1 Å². The molecule has 0 fully saturated rings. The van der Waals surface area contributed by atoms with Crippen LogP contribution in [0.3, 0.4) is 0 Å². The molecular weight excluding hydrogens is 584 g/mol. The molecule has 0 aliphatic rings. The van der Waals surface area contributed by atoms with Gasteiger partial charge in [-0.25, -0.2) is 13.1 Å². The van der Waals surface area contributed by atoms with Crippen LogP contribution in [0.2, 0.25) is 0 Å². The van der Waals surface area contributed by atoms with Gasteiger partial charge in [0.25, 0.3) is 0 Å². The number of hydrogen-bond donors (Lipinski definition) is 4. The topological polar surface area (TPSA) is 124 Å². The maximum Gasteiger partial charge on any atom is 0.241 e. The van der Waals surface area contributed by atoms with E-state index in [1.165, 1.54) is 5.56 Å². The van der Waals surface area contributed by atoms with Crippen LogP contribution in [-0.4, -0.2) is 57.1 Å². The van der Waals surface area contributed by atoms with Gasteiger partial charge in [-0.15, -0.1) is 0 Å². The average Bonchev–Trinajstić information content (AvgIpc) is 3.01. The van der Waals surface area contributed by atoms with Gasteiger partial charge in [-0.3, -0.25) is 0 Å². The van der Waals surface area contributed by atoms with Crippen LogP contribution in [0.1, 0.15) is 57.1 Å². The van der Waals surface area contributed by atoms with Crippen molar-refractivity contribution in [1.29, 1.82) is 0 Å². The number of anilines is 4. The number of benzene rings is 3. The van der Waals surface area contributed by atoms with Crippen LogP contribution >= 0.6 is 0 Å². The van der Waals surface area contributed by atoms with Crippen LogP contribution in [0.15, 0.2) is 65.6 Å². The largest absolute Gasteiger partial charge is 0.377 e. The molecule has 0 aliphatic heterocycles. The Bertz CT molecular complexity index is 1630. The number of sulfonamides is 1. The van der Waals surface area contributed by atoms with E-state index in [9.17, 15) is 8.42 Å². The summed E-state index contributed by atoms with van der Waals surface area (Å²) in [7, 11) is 0.293. The zero-order valence-corrected chi connectivity index (χ0v) is 28.0. The minimum Gasteiger partial charge on any atom is -0.377 e. The smallest absolute Gasteiger partial charge is 0.241 e. The SMILES string of the molecule is Cc1ccc(CNc2nc(NCCCCCCNS(=O)(=O)c3cccc4c(N(C)C)cccc34)nc(NCCC(C)C)n2)cc1. The van der Waals surface area contributed by atoms with Gasteiger partial charge in [0.2, 0.25) is 27.9 Å². The molecule has 0 spiro atoms. The molecule has 0 unspecified atom stereocenters. The van der Waals surface area contributed by atoms with E-state index < -0.39 is 10.0 Å². The molecule has 1 heterocycles. The first-order chi connectivity index (χ1) is 21.6. The molecule has 11 heteroatoms. The van der Waals surface area contributed by atoms with E-state index in [4.69, 9.17) is 0 Å². The highest BCUT2D eigenvalue weighted by molar-refractivity contribution is 7.89. The normalized spacial score (nSPS) is 11.6. The average molecular weight is 633 g/mol. The van der Waals surface area contributed by atoms with Gasteiger partial charge >= 0.3 is 0 Å². The Balaban J connectivity index is 1.24. The summed E-state index contributed by atoms with van der Waals surface area (Å²) in [5.74, 6) is 2.19. The number of hydrogen-bond acceptors (Lipinski definition) is 9. The lowest BCUT2D eigenvalue weighted by Gasteiger charge is -2.17. The second-order valence-corrected chi connectivity index (χ2v) is 13.8. The van der Waals surface area contributed by atoms with Crippen LogP contribution in [-0.2, 0) is 16.6 Å². The molecule has 0 amide bonds. The standard InChI is InChI=1S/C34H48N8O2S/c1-25(2)20-23-36-33-39-32(40-34(41-33)37-24-27-18-16-26(3)17-19-27)35-21-8-6-7-9-22-38-45(43,44)31-15-11-12-28-29(31)13-10-14-30(28)42(4)5/h10-19,25,38H,6-9,20-24H2,1-5H3,(H3,35,36,37,39,40,41). The lowest BCUT2D eigenvalue weighted by atomic mass is 10.1. The third-order valence-corrected chi connectivity index (χ3v) is 9.04. The van der Waals surface area contributed by atoms with Gasteiger partial charge in [-0.2, -0.15) is 15.0 Å². The first-order valence-electron chi connectivity index (χ1n) is 15.8. The number of fused-ring (bicyclic) bond motifs is 1. The second kappa shape index (κ2) is 16.4. The van der Waals surface area contributed by atoms with Crippen LogP contribution < -0.4 is 25.6 Å². The van der Waals surface area contributed by atoms with Crippen LogP contribution in [0.25, 0.3) is 10.8 Å². The minimum absolute atomic E-state index is 0.316. The Morgan fingerprint density at radius 3 is 1.98 bits per heavy atom. The number of nitrogens with one attached hydrogen (secondary N) is 4. The first-order valence-corrected chi connectivity index (χ1v) is 17.3. The molecule has 1 aromatic heterocycles. The van der Waals surface area contributed by atoms with Crippen molar-refractivity contribution in [2.24, 2.45) is 5.92 Å². The van der Waals surface area contributed by atoms with Gasteiger partial charge in [-0.1, -0.05) is 80.8 Å². The first kappa shape index (κ1) is 33.9. The van der Waals surface area contributed by atoms with Crippen molar-refractivity contribution >= 4 is 44.3 Å². The van der Waals surface area contributed by atoms with E-state index in [-0.39, 0.29) is 0 Å². The lowest BCUT2D eigenvalue weighted by Crippen LogP contribution is -2.25. The molecule has 4 N–H and O–H groups in total. The molecule has 0 atom stereocenters. The fourth-order valence-corrected chi connectivity index (χ4v) is 6.24. The highest BCUT2D eigenvalue weighted by atomic mass is 32.2. The van der Waals surface area contributed by atoms with Gasteiger partial charge in [0.15, 0.2) is 0 Å². The van der Waals surface area contributed by atoms with Crippen molar-refractivity contribution in [2.75, 3.05) is 54.6 Å². The quantitative estimate of drug-likeness (QED) is 0.0920. The summed E-state index contributed by atoms with van der Waals surface area (Å²) in [4.78, 5) is 16.0. The molecule has 0 bridgehead atoms. The third-order valence-electron chi connectivity index (χ3n) is 7.52. The fourth-order valence-electron chi connectivity index (χ4n) is 4.95. The van der Waals surface area contributed by atoms with Gasteiger partial charge in [0, 0.05) is 56.7 Å². The minimum atomic E-state index is -3.62. The molecule has 242 valence electrons. The highest BCUT2D eigenvalue weighted by Gasteiger charge is 2.18. The maximum absolute atomic E-state index is 13.1. The van der Waals surface area contributed by atoms with Crippen LogP contribution in [0.5, 0.6) is 0 Å². The molecule has 0 aliphatic carbocycles. The Kier molecular flexibility index (Phi) is 12.3. The molecular formula is C34H48N8O2S. The lowest BCUT2D eigenvalue weighted by molar-refractivity contribution is 0.573.